The highest BCUT2D eigenvalue weighted by Gasteiger charge is 2.03. The summed E-state index contributed by atoms with van der Waals surface area (Å²) in [7, 11) is 0. The van der Waals surface area contributed by atoms with E-state index < -0.39 is 4.92 Å². The normalized spacial score (nSPS) is 10.8. The Bertz CT molecular complexity index is 423. The Morgan fingerprint density at radius 3 is 2.47 bits per heavy atom. The molecule has 0 aromatic heterocycles. The molecule has 0 aliphatic rings. The van der Waals surface area contributed by atoms with Crippen molar-refractivity contribution in [1.29, 1.82) is 0 Å². The summed E-state index contributed by atoms with van der Waals surface area (Å²) in [5.41, 5.74) is 3.09. The molecule has 0 saturated carbocycles. The van der Waals surface area contributed by atoms with Crippen LogP contribution in [0.2, 0.25) is 0 Å². The smallest absolute Gasteiger partial charge is 0.235 e. The molecule has 1 aromatic carbocycles. The van der Waals surface area contributed by atoms with Gasteiger partial charge >= 0.3 is 0 Å². The van der Waals surface area contributed by atoms with Gasteiger partial charge in [0, 0.05) is 24.9 Å². The van der Waals surface area contributed by atoms with Gasteiger partial charge in [0.2, 0.25) is 6.20 Å². The van der Waals surface area contributed by atoms with Crippen LogP contribution >= 0.6 is 0 Å². The summed E-state index contributed by atoms with van der Waals surface area (Å²) in [5, 5.41) is 10.3. The maximum absolute atomic E-state index is 10.3. The van der Waals surface area contributed by atoms with Gasteiger partial charge in [-0.15, -0.1) is 0 Å². The third-order valence-corrected chi connectivity index (χ3v) is 2.76. The van der Waals surface area contributed by atoms with Gasteiger partial charge in [-0.2, -0.15) is 0 Å². The number of hydrogen-bond donors (Lipinski definition) is 0. The fourth-order valence-electron chi connectivity index (χ4n) is 1.77. The molecule has 0 heterocycles. The molecule has 0 aliphatic heterocycles. The van der Waals surface area contributed by atoms with E-state index in [9.17, 15) is 10.1 Å². The number of anilines is 1. The molecule has 1 aromatic rings. The molecule has 0 bridgehead atoms. The number of nitrogens with zero attached hydrogens (tertiary/aromatic N) is 2. The van der Waals surface area contributed by atoms with Crippen molar-refractivity contribution in [1.82, 2.24) is 0 Å². The van der Waals surface area contributed by atoms with Crippen molar-refractivity contribution in [3.63, 3.8) is 0 Å². The van der Waals surface area contributed by atoms with Gasteiger partial charge in [-0.05, 0) is 44.0 Å². The monoisotopic (exact) mass is 234 g/mol. The quantitative estimate of drug-likeness (QED) is 0.581. The maximum Gasteiger partial charge on any atom is 0.235 e. The second kappa shape index (κ2) is 6.03. The van der Waals surface area contributed by atoms with Gasteiger partial charge in [0.1, 0.15) is 0 Å². The number of benzene rings is 1. The fraction of sp³-hybridized carbons (Fsp3) is 0.385. The van der Waals surface area contributed by atoms with Gasteiger partial charge in [-0.3, -0.25) is 10.1 Å². The van der Waals surface area contributed by atoms with Gasteiger partial charge < -0.3 is 4.90 Å². The predicted molar refractivity (Wildman–Crippen MR) is 70.8 cm³/mol. The Labute approximate surface area is 102 Å². The SMILES string of the molecule is CCN(CC)c1ccc(/C=C\[N+](=O)[O-])c(C)c1. The van der Waals surface area contributed by atoms with E-state index in [-0.39, 0.29) is 0 Å². The van der Waals surface area contributed by atoms with Crippen molar-refractivity contribution in [3.05, 3.63) is 45.6 Å². The first-order valence-corrected chi connectivity index (χ1v) is 5.75. The van der Waals surface area contributed by atoms with Crippen molar-refractivity contribution >= 4 is 11.8 Å². The molecule has 0 saturated heterocycles. The minimum absolute atomic E-state index is 0.447. The summed E-state index contributed by atoms with van der Waals surface area (Å²) >= 11 is 0. The van der Waals surface area contributed by atoms with Gasteiger partial charge in [0.15, 0.2) is 0 Å². The first-order valence-electron chi connectivity index (χ1n) is 5.75. The van der Waals surface area contributed by atoms with E-state index in [2.05, 4.69) is 24.8 Å². The minimum atomic E-state index is -0.447. The first-order chi connectivity index (χ1) is 8.08. The third-order valence-electron chi connectivity index (χ3n) is 2.76. The van der Waals surface area contributed by atoms with Gasteiger partial charge in [0.05, 0.1) is 4.92 Å². The summed E-state index contributed by atoms with van der Waals surface area (Å²) < 4.78 is 0. The highest BCUT2D eigenvalue weighted by molar-refractivity contribution is 5.59. The van der Waals surface area contributed by atoms with Crippen LogP contribution in [0.3, 0.4) is 0 Å². The molecule has 0 N–H and O–H groups in total. The molecule has 4 heteroatoms. The van der Waals surface area contributed by atoms with Crippen LogP contribution in [0.5, 0.6) is 0 Å². The molecule has 0 atom stereocenters. The summed E-state index contributed by atoms with van der Waals surface area (Å²) in [4.78, 5) is 12.1. The van der Waals surface area contributed by atoms with Crippen LogP contribution in [0.1, 0.15) is 25.0 Å². The lowest BCUT2D eigenvalue weighted by atomic mass is 10.1. The molecule has 0 unspecified atom stereocenters. The van der Waals surface area contributed by atoms with Crippen LogP contribution < -0.4 is 4.90 Å². The molecular formula is C13H18N2O2. The third kappa shape index (κ3) is 3.59. The van der Waals surface area contributed by atoms with E-state index in [1.54, 1.807) is 0 Å². The molecule has 0 spiro atoms. The number of aryl methyl sites for hydroxylation is 1. The van der Waals surface area contributed by atoms with Crippen molar-refractivity contribution < 1.29 is 4.92 Å². The Kier molecular flexibility index (Phi) is 4.69. The molecule has 0 fully saturated rings. The predicted octanol–water partition coefficient (Wildman–Crippen LogP) is 3.09. The second-order valence-electron chi connectivity index (χ2n) is 3.81. The molecule has 0 radical (unpaired) electrons. The Morgan fingerprint density at radius 2 is 2.00 bits per heavy atom. The van der Waals surface area contributed by atoms with Crippen LogP contribution in [-0.2, 0) is 0 Å². The van der Waals surface area contributed by atoms with Crippen molar-refractivity contribution in [2.24, 2.45) is 0 Å². The van der Waals surface area contributed by atoms with E-state index in [4.69, 9.17) is 0 Å². The average Bonchev–Trinajstić information content (AvgIpc) is 2.29. The lowest BCUT2D eigenvalue weighted by Crippen LogP contribution is -2.21. The van der Waals surface area contributed by atoms with Gasteiger partial charge in [-0.25, -0.2) is 0 Å². The van der Waals surface area contributed by atoms with Crippen molar-refractivity contribution in [2.75, 3.05) is 18.0 Å². The zero-order valence-electron chi connectivity index (χ0n) is 10.5. The van der Waals surface area contributed by atoms with Crippen molar-refractivity contribution in [3.8, 4) is 0 Å². The number of hydrogen-bond acceptors (Lipinski definition) is 3. The van der Waals surface area contributed by atoms with E-state index in [1.165, 1.54) is 6.08 Å². The maximum atomic E-state index is 10.3. The van der Waals surface area contributed by atoms with E-state index in [0.717, 1.165) is 36.1 Å². The largest absolute Gasteiger partial charge is 0.372 e. The zero-order valence-corrected chi connectivity index (χ0v) is 10.5. The molecule has 4 nitrogen and oxygen atoms in total. The van der Waals surface area contributed by atoms with Crippen LogP contribution in [-0.4, -0.2) is 18.0 Å². The van der Waals surface area contributed by atoms with E-state index in [1.807, 2.05) is 19.1 Å². The van der Waals surface area contributed by atoms with Crippen molar-refractivity contribution in [2.45, 2.75) is 20.8 Å². The first kappa shape index (κ1) is 13.2. The Balaban J connectivity index is 2.97. The summed E-state index contributed by atoms with van der Waals surface area (Å²) in [5.74, 6) is 0. The van der Waals surface area contributed by atoms with Crippen LogP contribution in [0.4, 0.5) is 5.69 Å². The molecule has 0 amide bonds. The lowest BCUT2D eigenvalue weighted by molar-refractivity contribution is -0.400. The van der Waals surface area contributed by atoms with Crippen LogP contribution in [0.25, 0.3) is 6.08 Å². The van der Waals surface area contributed by atoms with Crippen LogP contribution in [0, 0.1) is 17.0 Å². The molecule has 92 valence electrons. The van der Waals surface area contributed by atoms with Gasteiger partial charge in [-0.1, -0.05) is 6.07 Å². The lowest BCUT2D eigenvalue weighted by Gasteiger charge is -2.21. The highest BCUT2D eigenvalue weighted by atomic mass is 16.6. The number of rotatable bonds is 5. The zero-order chi connectivity index (χ0) is 12.8. The average molecular weight is 234 g/mol. The molecule has 17 heavy (non-hydrogen) atoms. The van der Waals surface area contributed by atoms with E-state index >= 15 is 0 Å². The summed E-state index contributed by atoms with van der Waals surface area (Å²) in [6.07, 6.45) is 2.50. The standard InChI is InChI=1S/C13H18N2O2/c1-4-14(5-2)13-7-6-12(11(3)10-13)8-9-15(16)17/h6-10H,4-5H2,1-3H3/b9-8-. The second-order valence-corrected chi connectivity index (χ2v) is 3.81. The van der Waals surface area contributed by atoms with Crippen LogP contribution in [0.15, 0.2) is 24.4 Å². The molecular weight excluding hydrogens is 216 g/mol. The summed E-state index contributed by atoms with van der Waals surface area (Å²) in [6, 6.07) is 5.98. The molecule has 1 rings (SSSR count). The Morgan fingerprint density at radius 1 is 1.35 bits per heavy atom. The topological polar surface area (TPSA) is 46.4 Å². The molecule has 0 aliphatic carbocycles. The summed E-state index contributed by atoms with van der Waals surface area (Å²) in [6.45, 7) is 8.10. The fourth-order valence-corrected chi connectivity index (χ4v) is 1.77. The minimum Gasteiger partial charge on any atom is -0.372 e. The Hall–Kier alpha value is -1.84. The highest BCUT2D eigenvalue weighted by Crippen LogP contribution is 2.19. The number of nitro groups is 1. The van der Waals surface area contributed by atoms with E-state index in [0.29, 0.717) is 0 Å². The van der Waals surface area contributed by atoms with Gasteiger partial charge in [0.25, 0.3) is 0 Å².